The number of phenols is 1. The van der Waals surface area contributed by atoms with E-state index in [1.165, 1.54) is 0 Å². The normalized spacial score (nSPS) is 11.0. The van der Waals surface area contributed by atoms with Gasteiger partial charge < -0.3 is 19.7 Å². The molecule has 7 heteroatoms. The molecular formula is C31H30N2O5. The zero-order chi connectivity index (χ0) is 27.1. The first-order valence-corrected chi connectivity index (χ1v) is 12.1. The summed E-state index contributed by atoms with van der Waals surface area (Å²) in [6, 6.07) is 30.0. The zero-order valence-corrected chi connectivity index (χ0v) is 21.3. The molecular weight excluding hydrogens is 480 g/mol. The molecule has 0 aliphatic carbocycles. The van der Waals surface area contributed by atoms with Crippen LogP contribution in [-0.2, 0) is 18.6 Å². The van der Waals surface area contributed by atoms with Crippen LogP contribution in [-0.4, -0.2) is 22.1 Å². The van der Waals surface area contributed by atoms with E-state index in [1.54, 1.807) is 36.4 Å². The standard InChI is InChI=1S/C31H30N2O5/c1-31(2,24-8-12-26(34)13-9-24)25-10-16-28(17-11-25)38-20-22-5-3-4-21(18-22)19-37-27-14-6-23(7-15-27)29(32)33-30(35)36/h3-18,34H,19-20H2,1-2H3,(H2,32,33)(H,35,36). The van der Waals surface area contributed by atoms with Crippen molar-refractivity contribution < 1.29 is 24.5 Å². The smallest absolute Gasteiger partial charge is 0.410 e. The fraction of sp³-hybridized carbons (Fsp3) is 0.161. The zero-order valence-electron chi connectivity index (χ0n) is 21.3. The molecule has 0 fully saturated rings. The number of carbonyl (C=O) groups is 1. The van der Waals surface area contributed by atoms with Crippen molar-refractivity contribution in [2.24, 2.45) is 0 Å². The predicted octanol–water partition coefficient (Wildman–Crippen LogP) is 6.47. The number of phenolic OH excluding ortho intramolecular Hbond substituents is 1. The molecule has 0 unspecified atom stereocenters. The molecule has 4 aromatic carbocycles. The molecule has 0 atom stereocenters. The minimum absolute atomic E-state index is 0.188. The maximum Gasteiger partial charge on any atom is 0.410 e. The number of hydrogen-bond donors (Lipinski definition) is 4. The summed E-state index contributed by atoms with van der Waals surface area (Å²) < 4.78 is 11.9. The number of rotatable bonds is 9. The van der Waals surface area contributed by atoms with Crippen LogP contribution in [0.1, 0.15) is 41.7 Å². The van der Waals surface area contributed by atoms with Gasteiger partial charge in [-0.2, -0.15) is 0 Å². The number of ether oxygens (including phenoxy) is 2. The Labute approximate surface area is 221 Å². The minimum atomic E-state index is -1.27. The average molecular weight is 511 g/mol. The van der Waals surface area contributed by atoms with Crippen LogP contribution in [0.4, 0.5) is 4.79 Å². The highest BCUT2D eigenvalue weighted by Gasteiger charge is 2.23. The van der Waals surface area contributed by atoms with Gasteiger partial charge in [-0.1, -0.05) is 56.3 Å². The molecule has 0 aromatic heterocycles. The number of carboxylic acid groups (broad SMARTS) is 1. The van der Waals surface area contributed by atoms with Crippen molar-refractivity contribution in [2.75, 3.05) is 0 Å². The number of benzene rings is 4. The fourth-order valence-corrected chi connectivity index (χ4v) is 4.05. The van der Waals surface area contributed by atoms with Crippen LogP contribution in [0.5, 0.6) is 17.2 Å². The van der Waals surface area contributed by atoms with Crippen LogP contribution in [0.25, 0.3) is 0 Å². The second-order valence-electron chi connectivity index (χ2n) is 9.42. The van der Waals surface area contributed by atoms with E-state index in [1.807, 2.05) is 53.8 Å². The number of nitrogens with one attached hydrogen (secondary N) is 2. The Morgan fingerprint density at radius 1 is 0.789 bits per heavy atom. The van der Waals surface area contributed by atoms with Gasteiger partial charge in [0.1, 0.15) is 36.3 Å². The van der Waals surface area contributed by atoms with Gasteiger partial charge in [-0.3, -0.25) is 10.7 Å². The second kappa shape index (κ2) is 11.5. The summed E-state index contributed by atoms with van der Waals surface area (Å²) in [6.07, 6.45) is -1.27. The third-order valence-corrected chi connectivity index (χ3v) is 6.34. The highest BCUT2D eigenvalue weighted by molar-refractivity contribution is 6.04. The van der Waals surface area contributed by atoms with Gasteiger partial charge >= 0.3 is 6.09 Å². The molecule has 1 amide bonds. The van der Waals surface area contributed by atoms with Crippen LogP contribution in [0, 0.1) is 5.41 Å². The molecule has 194 valence electrons. The summed E-state index contributed by atoms with van der Waals surface area (Å²) >= 11 is 0. The Kier molecular flexibility index (Phi) is 7.97. The van der Waals surface area contributed by atoms with Crippen molar-refractivity contribution in [1.29, 1.82) is 5.41 Å². The highest BCUT2D eigenvalue weighted by Crippen LogP contribution is 2.33. The first-order valence-electron chi connectivity index (χ1n) is 12.1. The summed E-state index contributed by atoms with van der Waals surface area (Å²) in [6.45, 7) is 5.08. The van der Waals surface area contributed by atoms with E-state index in [0.29, 0.717) is 24.5 Å². The molecule has 0 saturated heterocycles. The van der Waals surface area contributed by atoms with E-state index in [9.17, 15) is 9.90 Å². The van der Waals surface area contributed by atoms with Gasteiger partial charge in [-0.05, 0) is 76.9 Å². The van der Waals surface area contributed by atoms with Gasteiger partial charge in [0.05, 0.1) is 0 Å². The van der Waals surface area contributed by atoms with Gasteiger partial charge in [0, 0.05) is 11.0 Å². The van der Waals surface area contributed by atoms with Gasteiger partial charge in [-0.25, -0.2) is 4.79 Å². The van der Waals surface area contributed by atoms with E-state index in [0.717, 1.165) is 28.0 Å². The van der Waals surface area contributed by atoms with Crippen LogP contribution >= 0.6 is 0 Å². The molecule has 0 radical (unpaired) electrons. The van der Waals surface area contributed by atoms with E-state index in [4.69, 9.17) is 20.0 Å². The molecule has 7 nitrogen and oxygen atoms in total. The number of hydrogen-bond acceptors (Lipinski definition) is 5. The van der Waals surface area contributed by atoms with E-state index >= 15 is 0 Å². The molecule has 38 heavy (non-hydrogen) atoms. The Morgan fingerprint density at radius 2 is 1.26 bits per heavy atom. The highest BCUT2D eigenvalue weighted by atomic mass is 16.5. The van der Waals surface area contributed by atoms with Crippen LogP contribution < -0.4 is 14.8 Å². The van der Waals surface area contributed by atoms with Gasteiger partial charge in [-0.15, -0.1) is 0 Å². The first kappa shape index (κ1) is 26.3. The third kappa shape index (κ3) is 6.70. The maximum absolute atomic E-state index is 10.7. The molecule has 0 aliphatic heterocycles. The monoisotopic (exact) mass is 510 g/mol. The molecule has 0 aliphatic rings. The first-order chi connectivity index (χ1) is 18.2. The molecule has 0 spiro atoms. The Balaban J connectivity index is 1.32. The lowest BCUT2D eigenvalue weighted by Crippen LogP contribution is -2.28. The summed E-state index contributed by atoms with van der Waals surface area (Å²) in [5.74, 6) is 1.47. The fourth-order valence-electron chi connectivity index (χ4n) is 4.05. The van der Waals surface area contributed by atoms with Crippen LogP contribution in [0.3, 0.4) is 0 Å². The number of aromatic hydroxyl groups is 1. The van der Waals surface area contributed by atoms with Crippen molar-refractivity contribution in [3.63, 3.8) is 0 Å². The maximum atomic E-state index is 10.7. The molecule has 0 saturated carbocycles. The Bertz CT molecular complexity index is 1400. The summed E-state index contributed by atoms with van der Waals surface area (Å²) in [4.78, 5) is 10.7. The topological polar surface area (TPSA) is 112 Å². The van der Waals surface area contributed by atoms with Crippen molar-refractivity contribution in [2.45, 2.75) is 32.5 Å². The molecule has 0 bridgehead atoms. The van der Waals surface area contributed by atoms with Crippen molar-refractivity contribution >= 4 is 11.9 Å². The number of amidine groups is 1. The summed E-state index contributed by atoms with van der Waals surface area (Å²) in [7, 11) is 0. The molecule has 4 rings (SSSR count). The largest absolute Gasteiger partial charge is 0.508 e. The lowest BCUT2D eigenvalue weighted by Gasteiger charge is -2.26. The lowest BCUT2D eigenvalue weighted by atomic mass is 9.78. The van der Waals surface area contributed by atoms with E-state index < -0.39 is 6.09 Å². The Hall–Kier alpha value is -4.78. The van der Waals surface area contributed by atoms with Crippen molar-refractivity contribution in [3.05, 3.63) is 125 Å². The average Bonchev–Trinajstić information content (AvgIpc) is 2.91. The van der Waals surface area contributed by atoms with E-state index in [-0.39, 0.29) is 17.0 Å². The summed E-state index contributed by atoms with van der Waals surface area (Å²) in [5, 5.41) is 28.1. The third-order valence-electron chi connectivity index (χ3n) is 6.34. The SMILES string of the molecule is CC(C)(c1ccc(O)cc1)c1ccc(OCc2cccc(COc3ccc(C(=N)NC(=O)O)cc3)c2)cc1. The van der Waals surface area contributed by atoms with Gasteiger partial charge in [0.2, 0.25) is 0 Å². The predicted molar refractivity (Wildman–Crippen MR) is 146 cm³/mol. The quantitative estimate of drug-likeness (QED) is 0.152. The van der Waals surface area contributed by atoms with Crippen LogP contribution in [0.2, 0.25) is 0 Å². The van der Waals surface area contributed by atoms with Gasteiger partial charge in [0.25, 0.3) is 0 Å². The van der Waals surface area contributed by atoms with E-state index in [2.05, 4.69) is 26.0 Å². The number of amides is 1. The lowest BCUT2D eigenvalue weighted by molar-refractivity contribution is 0.200. The van der Waals surface area contributed by atoms with Crippen molar-refractivity contribution in [3.8, 4) is 17.2 Å². The summed E-state index contributed by atoms with van der Waals surface area (Å²) in [5.41, 5.74) is 4.52. The van der Waals surface area contributed by atoms with Gasteiger partial charge in [0.15, 0.2) is 0 Å². The molecule has 4 aromatic rings. The van der Waals surface area contributed by atoms with Crippen LogP contribution in [0.15, 0.2) is 97.1 Å². The minimum Gasteiger partial charge on any atom is -0.508 e. The van der Waals surface area contributed by atoms with Crippen molar-refractivity contribution in [1.82, 2.24) is 5.32 Å². The Morgan fingerprint density at radius 3 is 1.76 bits per heavy atom. The second-order valence-corrected chi connectivity index (χ2v) is 9.42. The molecule has 0 heterocycles. The molecule has 4 N–H and O–H groups in total.